The minimum absolute atomic E-state index is 0.0568. The Hall–Kier alpha value is -3.04. The number of hydrogen-bond donors (Lipinski definition) is 2. The van der Waals surface area contributed by atoms with Crippen molar-refractivity contribution >= 4 is 15.9 Å². The van der Waals surface area contributed by atoms with Gasteiger partial charge in [0, 0.05) is 24.1 Å². The van der Waals surface area contributed by atoms with Gasteiger partial charge < -0.3 is 9.73 Å². The number of hydrogen-bond acceptors (Lipinski definition) is 5. The van der Waals surface area contributed by atoms with Gasteiger partial charge in [0.05, 0.1) is 11.1 Å². The van der Waals surface area contributed by atoms with Gasteiger partial charge in [-0.15, -0.1) is 0 Å². The van der Waals surface area contributed by atoms with E-state index in [0.29, 0.717) is 38.0 Å². The number of amides is 1. The Kier molecular flexibility index (Phi) is 6.66. The predicted molar refractivity (Wildman–Crippen MR) is 116 cm³/mol. The summed E-state index contributed by atoms with van der Waals surface area (Å²) in [5.41, 5.74) is 1.57. The van der Waals surface area contributed by atoms with Crippen LogP contribution in [0.5, 0.6) is 0 Å². The van der Waals surface area contributed by atoms with Crippen molar-refractivity contribution < 1.29 is 22.0 Å². The molecule has 1 aliphatic carbocycles. The number of nitrogens with zero attached hydrogens (tertiary/aromatic N) is 1. The minimum atomic E-state index is -3.66. The van der Waals surface area contributed by atoms with Gasteiger partial charge in [0.25, 0.3) is 0 Å². The molecule has 3 aromatic rings. The SMILES string of the molecule is O=C(NCc1ccc(F)cc1)C1CCC(NS(=O)(=O)c2ccc(-c3cnco3)cc2)CC1. The fraction of sp³-hybridized carbons (Fsp3) is 0.304. The highest BCUT2D eigenvalue weighted by atomic mass is 32.2. The Balaban J connectivity index is 1.27. The molecule has 0 saturated heterocycles. The molecule has 168 valence electrons. The van der Waals surface area contributed by atoms with Gasteiger partial charge in [-0.05, 0) is 67.6 Å². The summed E-state index contributed by atoms with van der Waals surface area (Å²) in [6.45, 7) is 0.343. The zero-order chi connectivity index (χ0) is 22.6. The Labute approximate surface area is 186 Å². The summed E-state index contributed by atoms with van der Waals surface area (Å²) in [7, 11) is -3.66. The first kappa shape index (κ1) is 22.2. The molecule has 2 N–H and O–H groups in total. The van der Waals surface area contributed by atoms with E-state index >= 15 is 0 Å². The Morgan fingerprint density at radius 1 is 1.03 bits per heavy atom. The lowest BCUT2D eigenvalue weighted by Gasteiger charge is -2.28. The van der Waals surface area contributed by atoms with Crippen LogP contribution in [-0.4, -0.2) is 25.4 Å². The molecule has 9 heteroatoms. The smallest absolute Gasteiger partial charge is 0.240 e. The van der Waals surface area contributed by atoms with Gasteiger partial charge >= 0.3 is 0 Å². The molecule has 2 aromatic carbocycles. The molecule has 0 spiro atoms. The van der Waals surface area contributed by atoms with Gasteiger partial charge in [-0.2, -0.15) is 0 Å². The first-order chi connectivity index (χ1) is 15.4. The van der Waals surface area contributed by atoms with Crippen LogP contribution in [0.4, 0.5) is 4.39 Å². The van der Waals surface area contributed by atoms with E-state index in [9.17, 15) is 17.6 Å². The van der Waals surface area contributed by atoms with Gasteiger partial charge in [0.15, 0.2) is 12.2 Å². The van der Waals surface area contributed by atoms with Crippen LogP contribution in [0.1, 0.15) is 31.2 Å². The molecular weight excluding hydrogens is 433 g/mol. The standard InChI is InChI=1S/C23H24FN3O4S/c24-19-7-1-16(2-8-19)13-26-23(28)18-3-9-20(10-4-18)27-32(29,30)21-11-5-17(6-12-21)22-14-25-15-31-22/h1-2,5-8,11-12,14-15,18,20,27H,3-4,9-10,13H2,(H,26,28). The van der Waals surface area contributed by atoms with Gasteiger partial charge in [0.1, 0.15) is 5.82 Å². The summed E-state index contributed by atoms with van der Waals surface area (Å²) in [5, 5.41) is 2.88. The Morgan fingerprint density at radius 3 is 2.34 bits per heavy atom. The molecule has 1 aliphatic rings. The van der Waals surface area contributed by atoms with Crippen molar-refractivity contribution in [2.45, 2.75) is 43.2 Å². The number of sulfonamides is 1. The van der Waals surface area contributed by atoms with Crippen molar-refractivity contribution in [3.8, 4) is 11.3 Å². The van der Waals surface area contributed by atoms with Crippen LogP contribution >= 0.6 is 0 Å². The normalized spacial score (nSPS) is 18.9. The molecule has 1 heterocycles. The van der Waals surface area contributed by atoms with Crippen molar-refractivity contribution in [2.24, 2.45) is 5.92 Å². The minimum Gasteiger partial charge on any atom is -0.444 e. The summed E-state index contributed by atoms with van der Waals surface area (Å²) in [6.07, 6.45) is 5.27. The van der Waals surface area contributed by atoms with Crippen LogP contribution in [0.15, 0.2) is 70.4 Å². The molecule has 7 nitrogen and oxygen atoms in total. The second-order valence-electron chi connectivity index (χ2n) is 7.90. The molecule has 1 aromatic heterocycles. The zero-order valence-electron chi connectivity index (χ0n) is 17.3. The van der Waals surface area contributed by atoms with Crippen LogP contribution in [0.2, 0.25) is 0 Å². The summed E-state index contributed by atoms with van der Waals surface area (Å²) in [6, 6.07) is 12.2. The van der Waals surface area contributed by atoms with Gasteiger partial charge in [0.2, 0.25) is 15.9 Å². The Bertz CT molecular complexity index is 1140. The molecule has 1 saturated carbocycles. The molecule has 1 fully saturated rings. The predicted octanol–water partition coefficient (Wildman–Crippen LogP) is 3.63. The van der Waals surface area contributed by atoms with Crippen LogP contribution in [-0.2, 0) is 21.4 Å². The van der Waals surface area contributed by atoms with Crippen LogP contribution in [0.25, 0.3) is 11.3 Å². The van der Waals surface area contributed by atoms with Gasteiger partial charge in [-0.1, -0.05) is 12.1 Å². The molecule has 0 radical (unpaired) electrons. The van der Waals surface area contributed by atoms with Crippen molar-refractivity contribution in [3.05, 3.63) is 72.5 Å². The molecule has 0 aliphatic heterocycles. The summed E-state index contributed by atoms with van der Waals surface area (Å²) in [5.74, 6) is 0.0422. The number of carbonyl (C=O) groups excluding carboxylic acids is 1. The van der Waals surface area contributed by atoms with Crippen molar-refractivity contribution in [2.75, 3.05) is 0 Å². The lowest BCUT2D eigenvalue weighted by molar-refractivity contribution is -0.126. The highest BCUT2D eigenvalue weighted by molar-refractivity contribution is 7.89. The topological polar surface area (TPSA) is 101 Å². The molecule has 4 rings (SSSR count). The van der Waals surface area contributed by atoms with E-state index in [0.717, 1.165) is 11.1 Å². The summed E-state index contributed by atoms with van der Waals surface area (Å²) in [4.78, 5) is 16.5. The molecule has 0 atom stereocenters. The highest BCUT2D eigenvalue weighted by Crippen LogP contribution is 2.26. The third-order valence-corrected chi connectivity index (χ3v) is 7.22. The summed E-state index contributed by atoms with van der Waals surface area (Å²) < 4.78 is 46.4. The highest BCUT2D eigenvalue weighted by Gasteiger charge is 2.29. The number of nitrogens with one attached hydrogen (secondary N) is 2. The number of oxazole rings is 1. The van der Waals surface area contributed by atoms with E-state index in [-0.39, 0.29) is 28.6 Å². The first-order valence-corrected chi connectivity index (χ1v) is 11.9. The largest absolute Gasteiger partial charge is 0.444 e. The Morgan fingerprint density at radius 2 is 1.72 bits per heavy atom. The third kappa shape index (κ3) is 5.41. The number of rotatable bonds is 7. The van der Waals surface area contributed by atoms with E-state index < -0.39 is 10.0 Å². The van der Waals surface area contributed by atoms with Crippen molar-refractivity contribution in [1.29, 1.82) is 0 Å². The monoisotopic (exact) mass is 457 g/mol. The van der Waals surface area contributed by atoms with E-state index in [1.807, 2.05) is 0 Å². The van der Waals surface area contributed by atoms with Gasteiger partial charge in [-0.25, -0.2) is 22.5 Å². The molecule has 1 amide bonds. The fourth-order valence-electron chi connectivity index (χ4n) is 3.85. The van der Waals surface area contributed by atoms with E-state index in [1.165, 1.54) is 30.7 Å². The lowest BCUT2D eigenvalue weighted by Crippen LogP contribution is -2.40. The molecule has 32 heavy (non-hydrogen) atoms. The van der Waals surface area contributed by atoms with Crippen LogP contribution < -0.4 is 10.0 Å². The molecule has 0 bridgehead atoms. The maximum absolute atomic E-state index is 13.0. The van der Waals surface area contributed by atoms with E-state index in [4.69, 9.17) is 4.42 Å². The maximum Gasteiger partial charge on any atom is 0.240 e. The van der Waals surface area contributed by atoms with Crippen molar-refractivity contribution in [1.82, 2.24) is 15.0 Å². The summed E-state index contributed by atoms with van der Waals surface area (Å²) >= 11 is 0. The maximum atomic E-state index is 13.0. The first-order valence-electron chi connectivity index (χ1n) is 10.4. The second-order valence-corrected chi connectivity index (χ2v) is 9.62. The number of carbonyl (C=O) groups is 1. The lowest BCUT2D eigenvalue weighted by atomic mass is 9.86. The third-order valence-electron chi connectivity index (χ3n) is 5.68. The molecular formula is C23H24FN3O4S. The number of aromatic nitrogens is 1. The number of halogens is 1. The van der Waals surface area contributed by atoms with Gasteiger partial charge in [-0.3, -0.25) is 4.79 Å². The zero-order valence-corrected chi connectivity index (χ0v) is 18.1. The van der Waals surface area contributed by atoms with E-state index in [2.05, 4.69) is 15.0 Å². The quantitative estimate of drug-likeness (QED) is 0.564. The second kappa shape index (κ2) is 9.62. The number of benzene rings is 2. The average molecular weight is 458 g/mol. The molecule has 0 unspecified atom stereocenters. The van der Waals surface area contributed by atoms with Crippen LogP contribution in [0, 0.1) is 11.7 Å². The average Bonchev–Trinajstić information content (AvgIpc) is 3.34. The van der Waals surface area contributed by atoms with E-state index in [1.54, 1.807) is 30.5 Å². The van der Waals surface area contributed by atoms with Crippen LogP contribution in [0.3, 0.4) is 0 Å². The fourth-order valence-corrected chi connectivity index (χ4v) is 5.16. The van der Waals surface area contributed by atoms with Crippen molar-refractivity contribution in [3.63, 3.8) is 0 Å².